The summed E-state index contributed by atoms with van der Waals surface area (Å²) in [7, 11) is 0. The Balaban J connectivity index is 1.89. The summed E-state index contributed by atoms with van der Waals surface area (Å²) >= 11 is 1.63. The van der Waals surface area contributed by atoms with Gasteiger partial charge < -0.3 is 11.1 Å². The van der Waals surface area contributed by atoms with E-state index in [1.807, 2.05) is 12.3 Å². The predicted molar refractivity (Wildman–Crippen MR) is 73.5 cm³/mol. The third-order valence-corrected chi connectivity index (χ3v) is 5.00. The normalized spacial score (nSPS) is 29.2. The molecular weight excluding hydrogens is 246 g/mol. The molecule has 1 aromatic rings. The van der Waals surface area contributed by atoms with Crippen LogP contribution in [0.25, 0.3) is 0 Å². The van der Waals surface area contributed by atoms with Gasteiger partial charge in [-0.25, -0.2) is 4.98 Å². The zero-order valence-corrected chi connectivity index (χ0v) is 11.8. The van der Waals surface area contributed by atoms with E-state index in [1.165, 1.54) is 0 Å². The SMILES string of the molecule is CC(CNC(=O)C1(C)CCCC1N)c1nccs1. The Hall–Kier alpha value is -0.940. The Kier molecular flexibility index (Phi) is 4.02. The molecule has 1 fully saturated rings. The van der Waals surface area contributed by atoms with E-state index in [1.54, 1.807) is 17.5 Å². The Morgan fingerprint density at radius 2 is 2.56 bits per heavy atom. The number of nitrogens with one attached hydrogen (secondary N) is 1. The van der Waals surface area contributed by atoms with Crippen molar-refractivity contribution in [2.45, 2.75) is 45.1 Å². The maximum Gasteiger partial charge on any atom is 0.227 e. The van der Waals surface area contributed by atoms with Crippen LogP contribution in [0.1, 0.15) is 44.0 Å². The van der Waals surface area contributed by atoms with E-state index in [0.717, 1.165) is 24.3 Å². The molecule has 0 spiro atoms. The van der Waals surface area contributed by atoms with Gasteiger partial charge >= 0.3 is 0 Å². The lowest BCUT2D eigenvalue weighted by Crippen LogP contribution is -2.48. The average molecular weight is 267 g/mol. The van der Waals surface area contributed by atoms with Crippen molar-refractivity contribution in [1.82, 2.24) is 10.3 Å². The van der Waals surface area contributed by atoms with Crippen LogP contribution >= 0.6 is 11.3 Å². The molecule has 0 bridgehead atoms. The molecule has 3 atom stereocenters. The molecule has 0 aromatic carbocycles. The second kappa shape index (κ2) is 5.36. The van der Waals surface area contributed by atoms with Crippen LogP contribution in [0, 0.1) is 5.41 Å². The van der Waals surface area contributed by atoms with Gasteiger partial charge in [-0.15, -0.1) is 11.3 Å². The van der Waals surface area contributed by atoms with E-state index >= 15 is 0 Å². The van der Waals surface area contributed by atoms with Crippen molar-refractivity contribution in [1.29, 1.82) is 0 Å². The quantitative estimate of drug-likeness (QED) is 0.875. The molecule has 1 aliphatic rings. The molecule has 1 saturated carbocycles. The van der Waals surface area contributed by atoms with Crippen LogP contribution in [0.3, 0.4) is 0 Å². The standard InChI is InChI=1S/C13H21N3OS/c1-9(11-15-6-7-18-11)8-16-12(17)13(2)5-3-4-10(13)14/h6-7,9-10H,3-5,8,14H2,1-2H3,(H,16,17). The summed E-state index contributed by atoms with van der Waals surface area (Å²) in [5.74, 6) is 0.353. The number of carbonyl (C=O) groups is 1. The number of hydrogen-bond acceptors (Lipinski definition) is 4. The fourth-order valence-electron chi connectivity index (χ4n) is 2.49. The minimum Gasteiger partial charge on any atom is -0.355 e. The third kappa shape index (κ3) is 2.57. The van der Waals surface area contributed by atoms with E-state index in [9.17, 15) is 4.79 Å². The van der Waals surface area contributed by atoms with Crippen molar-refractivity contribution >= 4 is 17.2 Å². The average Bonchev–Trinajstić information content (AvgIpc) is 2.98. The highest BCUT2D eigenvalue weighted by atomic mass is 32.1. The van der Waals surface area contributed by atoms with E-state index in [0.29, 0.717) is 6.54 Å². The molecule has 3 unspecified atom stereocenters. The zero-order chi connectivity index (χ0) is 13.2. The lowest BCUT2D eigenvalue weighted by molar-refractivity contribution is -0.130. The van der Waals surface area contributed by atoms with Gasteiger partial charge in [0, 0.05) is 30.1 Å². The summed E-state index contributed by atoms with van der Waals surface area (Å²) in [6.45, 7) is 4.69. The molecule has 4 nitrogen and oxygen atoms in total. The smallest absolute Gasteiger partial charge is 0.227 e. The van der Waals surface area contributed by atoms with Crippen LogP contribution in [0.5, 0.6) is 0 Å². The minimum absolute atomic E-state index is 0.00679. The second-order valence-corrected chi connectivity index (χ2v) is 6.32. The maximum atomic E-state index is 12.2. The summed E-state index contributed by atoms with van der Waals surface area (Å²) in [5, 5.41) is 6.06. The van der Waals surface area contributed by atoms with Gasteiger partial charge in [0.05, 0.1) is 10.4 Å². The maximum absolute atomic E-state index is 12.2. The fraction of sp³-hybridized carbons (Fsp3) is 0.692. The van der Waals surface area contributed by atoms with Gasteiger partial charge in [0.25, 0.3) is 0 Å². The van der Waals surface area contributed by atoms with E-state index in [-0.39, 0.29) is 23.3 Å². The van der Waals surface area contributed by atoms with Gasteiger partial charge in [0.15, 0.2) is 0 Å². The Morgan fingerprint density at radius 3 is 3.11 bits per heavy atom. The van der Waals surface area contributed by atoms with Crippen molar-refractivity contribution in [3.8, 4) is 0 Å². The predicted octanol–water partition coefficient (Wildman–Crippen LogP) is 1.88. The van der Waals surface area contributed by atoms with Crippen LogP contribution in [0.4, 0.5) is 0 Å². The molecule has 1 heterocycles. The summed E-state index contributed by atoms with van der Waals surface area (Å²) in [5.41, 5.74) is 5.66. The number of carbonyl (C=O) groups excluding carboxylic acids is 1. The van der Waals surface area contributed by atoms with Crippen molar-refractivity contribution < 1.29 is 4.79 Å². The van der Waals surface area contributed by atoms with Crippen molar-refractivity contribution in [2.75, 3.05) is 6.54 Å². The van der Waals surface area contributed by atoms with E-state index in [4.69, 9.17) is 5.73 Å². The van der Waals surface area contributed by atoms with Gasteiger partial charge in [-0.3, -0.25) is 4.79 Å². The zero-order valence-electron chi connectivity index (χ0n) is 11.0. The molecule has 0 radical (unpaired) electrons. The molecule has 0 saturated heterocycles. The number of thiazole rings is 1. The van der Waals surface area contributed by atoms with Crippen molar-refractivity contribution in [3.63, 3.8) is 0 Å². The Bertz CT molecular complexity index is 406. The monoisotopic (exact) mass is 267 g/mol. The van der Waals surface area contributed by atoms with Crippen molar-refractivity contribution in [2.24, 2.45) is 11.1 Å². The molecule has 3 N–H and O–H groups in total. The molecule has 1 aliphatic carbocycles. The fourth-order valence-corrected chi connectivity index (χ4v) is 3.19. The van der Waals surface area contributed by atoms with Crippen LogP contribution in [0.15, 0.2) is 11.6 Å². The molecule has 1 amide bonds. The van der Waals surface area contributed by atoms with Crippen molar-refractivity contribution in [3.05, 3.63) is 16.6 Å². The third-order valence-electron chi connectivity index (χ3n) is 3.99. The molecule has 1 aromatic heterocycles. The number of nitrogens with zero attached hydrogens (tertiary/aromatic N) is 1. The summed E-state index contributed by atoms with van der Waals surface area (Å²) in [4.78, 5) is 16.5. The topological polar surface area (TPSA) is 68.0 Å². The lowest BCUT2D eigenvalue weighted by atomic mass is 9.84. The summed E-state index contributed by atoms with van der Waals surface area (Å²) in [6, 6.07) is -0.00679. The number of hydrogen-bond donors (Lipinski definition) is 2. The van der Waals surface area contributed by atoms with Crippen LogP contribution < -0.4 is 11.1 Å². The molecule has 100 valence electrons. The van der Waals surface area contributed by atoms with Gasteiger partial charge in [-0.1, -0.05) is 13.3 Å². The molecule has 0 aliphatic heterocycles. The first kappa shape index (κ1) is 13.5. The van der Waals surface area contributed by atoms with Gasteiger partial charge in [-0.2, -0.15) is 0 Å². The first-order chi connectivity index (χ1) is 8.54. The van der Waals surface area contributed by atoms with Gasteiger partial charge in [-0.05, 0) is 19.8 Å². The van der Waals surface area contributed by atoms with Crippen LogP contribution in [-0.2, 0) is 4.79 Å². The minimum atomic E-state index is -0.386. The van der Waals surface area contributed by atoms with Gasteiger partial charge in [0.2, 0.25) is 5.91 Å². The number of amides is 1. The molecule has 2 rings (SSSR count). The second-order valence-electron chi connectivity index (χ2n) is 5.40. The van der Waals surface area contributed by atoms with E-state index < -0.39 is 0 Å². The first-order valence-corrected chi connectivity index (χ1v) is 7.35. The molecule has 5 heteroatoms. The van der Waals surface area contributed by atoms with Crippen LogP contribution in [0.2, 0.25) is 0 Å². The Labute approximate surface area is 112 Å². The summed E-state index contributed by atoms with van der Waals surface area (Å²) < 4.78 is 0. The number of rotatable bonds is 4. The highest BCUT2D eigenvalue weighted by Crippen LogP contribution is 2.36. The molecule has 18 heavy (non-hydrogen) atoms. The molecular formula is C13H21N3OS. The summed E-state index contributed by atoms with van der Waals surface area (Å²) in [6.07, 6.45) is 4.69. The highest BCUT2D eigenvalue weighted by Gasteiger charge is 2.42. The first-order valence-electron chi connectivity index (χ1n) is 6.47. The number of aromatic nitrogens is 1. The lowest BCUT2D eigenvalue weighted by Gasteiger charge is -2.28. The van der Waals surface area contributed by atoms with Crippen LogP contribution in [-0.4, -0.2) is 23.5 Å². The van der Waals surface area contributed by atoms with E-state index in [2.05, 4.69) is 17.2 Å². The van der Waals surface area contributed by atoms with Gasteiger partial charge in [0.1, 0.15) is 0 Å². The highest BCUT2D eigenvalue weighted by molar-refractivity contribution is 7.09. The number of nitrogens with two attached hydrogens (primary N) is 1. The Morgan fingerprint density at radius 1 is 1.78 bits per heavy atom. The largest absolute Gasteiger partial charge is 0.355 e.